The maximum Gasteiger partial charge on any atom is 0.258 e. The summed E-state index contributed by atoms with van der Waals surface area (Å²) >= 11 is 6.28. The molecule has 1 unspecified atom stereocenters. The Labute approximate surface area is 222 Å². The van der Waals surface area contributed by atoms with Crippen LogP contribution in [0.15, 0.2) is 30.3 Å². The lowest BCUT2D eigenvalue weighted by molar-refractivity contribution is 0.0601. The second kappa shape index (κ2) is 10.0. The molecule has 9 nitrogen and oxygen atoms in total. The summed E-state index contributed by atoms with van der Waals surface area (Å²) in [6.45, 7) is 3.75. The predicted octanol–water partition coefficient (Wildman–Crippen LogP) is 3.90. The number of benzene rings is 1. The summed E-state index contributed by atoms with van der Waals surface area (Å²) in [6.07, 6.45) is 5.61. The molecule has 2 N–H and O–H groups in total. The minimum absolute atomic E-state index is 0.0414. The van der Waals surface area contributed by atoms with Crippen LogP contribution in [-0.2, 0) is 0 Å². The van der Waals surface area contributed by atoms with Crippen molar-refractivity contribution in [2.75, 3.05) is 49.6 Å². The fourth-order valence-corrected chi connectivity index (χ4v) is 5.89. The molecule has 196 valence electrons. The van der Waals surface area contributed by atoms with Crippen molar-refractivity contribution < 1.29 is 9.53 Å². The number of nitrogens with zero attached hydrogens (tertiary/aromatic N) is 6. The lowest BCUT2D eigenvalue weighted by atomic mass is 9.98. The van der Waals surface area contributed by atoms with E-state index in [9.17, 15) is 4.79 Å². The molecule has 3 aliphatic heterocycles. The van der Waals surface area contributed by atoms with Crippen LogP contribution in [0.4, 0.5) is 11.6 Å². The quantitative estimate of drug-likeness (QED) is 0.517. The second-order valence-corrected chi connectivity index (χ2v) is 10.9. The van der Waals surface area contributed by atoms with E-state index < -0.39 is 0 Å². The highest BCUT2D eigenvalue weighted by Gasteiger charge is 2.33. The third-order valence-corrected chi connectivity index (χ3v) is 8.01. The largest absolute Gasteiger partial charge is 0.493 e. The zero-order chi connectivity index (χ0) is 25.5. The number of carbonyl (C=O) groups is 1. The first-order valence-electron chi connectivity index (χ1n) is 13.3. The number of hydrogen-bond donors (Lipinski definition) is 1. The van der Waals surface area contributed by atoms with Gasteiger partial charge in [0, 0.05) is 56.4 Å². The maximum atomic E-state index is 13.9. The molecular weight excluding hydrogens is 490 g/mol. The summed E-state index contributed by atoms with van der Waals surface area (Å²) in [6, 6.07) is 9.52. The van der Waals surface area contributed by atoms with Gasteiger partial charge in [-0.3, -0.25) is 4.79 Å². The average Bonchev–Trinajstić information content (AvgIpc) is 3.53. The van der Waals surface area contributed by atoms with Gasteiger partial charge in [-0.1, -0.05) is 11.6 Å². The topological polar surface area (TPSA) is 92.2 Å². The molecule has 2 aromatic heterocycles. The van der Waals surface area contributed by atoms with Crippen LogP contribution >= 0.6 is 11.6 Å². The van der Waals surface area contributed by atoms with Gasteiger partial charge in [0.2, 0.25) is 0 Å². The minimum atomic E-state index is -0.126. The molecule has 2 saturated heterocycles. The SMILES string of the molecule is CN1CCCCOc2cc(Cl)ccc2C(=O)N2CCCCC2c2cc3nc(N4CC[C@H](N)C4)cc1n3n2. The van der Waals surface area contributed by atoms with E-state index in [2.05, 4.69) is 29.0 Å². The molecule has 6 rings (SSSR count). The predicted molar refractivity (Wildman–Crippen MR) is 145 cm³/mol. The van der Waals surface area contributed by atoms with Gasteiger partial charge in [-0.05, 0) is 56.7 Å². The van der Waals surface area contributed by atoms with Gasteiger partial charge in [0.05, 0.1) is 23.9 Å². The van der Waals surface area contributed by atoms with Gasteiger partial charge in [-0.25, -0.2) is 4.98 Å². The fraction of sp³-hybridized carbons (Fsp3) is 0.519. The molecule has 5 heterocycles. The van der Waals surface area contributed by atoms with Crippen LogP contribution in [0.1, 0.15) is 60.6 Å². The Morgan fingerprint density at radius 3 is 2.76 bits per heavy atom. The molecule has 2 bridgehead atoms. The monoisotopic (exact) mass is 523 g/mol. The molecule has 1 amide bonds. The van der Waals surface area contributed by atoms with Gasteiger partial charge >= 0.3 is 0 Å². The van der Waals surface area contributed by atoms with Crippen LogP contribution in [-0.4, -0.2) is 71.3 Å². The van der Waals surface area contributed by atoms with E-state index >= 15 is 0 Å². The van der Waals surface area contributed by atoms with E-state index in [0.717, 1.165) is 81.1 Å². The van der Waals surface area contributed by atoms with Crippen molar-refractivity contribution in [2.24, 2.45) is 5.73 Å². The van der Waals surface area contributed by atoms with E-state index in [4.69, 9.17) is 32.2 Å². The third kappa shape index (κ3) is 4.70. The van der Waals surface area contributed by atoms with Crippen molar-refractivity contribution >= 4 is 34.8 Å². The van der Waals surface area contributed by atoms with Crippen molar-refractivity contribution in [1.82, 2.24) is 19.5 Å². The van der Waals surface area contributed by atoms with Crippen LogP contribution < -0.4 is 20.3 Å². The van der Waals surface area contributed by atoms with Crippen molar-refractivity contribution in [3.63, 3.8) is 0 Å². The first-order valence-corrected chi connectivity index (χ1v) is 13.7. The summed E-state index contributed by atoms with van der Waals surface area (Å²) in [5.41, 5.74) is 8.43. The molecule has 0 aliphatic carbocycles. The number of ether oxygens (including phenoxy) is 1. The summed E-state index contributed by atoms with van der Waals surface area (Å²) in [4.78, 5) is 25.3. The lowest BCUT2D eigenvalue weighted by Gasteiger charge is -2.35. The van der Waals surface area contributed by atoms with Crippen LogP contribution in [0.2, 0.25) is 5.02 Å². The number of piperidine rings is 1. The van der Waals surface area contributed by atoms with Crippen LogP contribution in [0.25, 0.3) is 5.65 Å². The van der Waals surface area contributed by atoms with Crippen LogP contribution in [0, 0.1) is 0 Å². The smallest absolute Gasteiger partial charge is 0.258 e. The minimum Gasteiger partial charge on any atom is -0.493 e. The van der Waals surface area contributed by atoms with Crippen molar-refractivity contribution in [1.29, 1.82) is 0 Å². The first-order chi connectivity index (χ1) is 18.0. The summed E-state index contributed by atoms with van der Waals surface area (Å²) in [5.74, 6) is 2.43. The molecule has 0 radical (unpaired) electrons. The summed E-state index contributed by atoms with van der Waals surface area (Å²) in [5, 5.41) is 5.61. The summed E-state index contributed by atoms with van der Waals surface area (Å²) < 4.78 is 8.05. The molecule has 0 saturated carbocycles. The molecular formula is C27H34ClN7O2. The van der Waals surface area contributed by atoms with Gasteiger partial charge in [-0.15, -0.1) is 0 Å². The Morgan fingerprint density at radius 1 is 1.05 bits per heavy atom. The molecule has 37 heavy (non-hydrogen) atoms. The Hall–Kier alpha value is -3.04. The molecule has 10 heteroatoms. The number of fused-ring (bicyclic) bond motifs is 4. The molecule has 3 aliphatic rings. The fourth-order valence-electron chi connectivity index (χ4n) is 5.73. The Bertz CT molecular complexity index is 1310. The zero-order valence-electron chi connectivity index (χ0n) is 21.3. The molecule has 1 aromatic carbocycles. The van der Waals surface area contributed by atoms with E-state index in [-0.39, 0.29) is 18.0 Å². The highest BCUT2D eigenvalue weighted by Crippen LogP contribution is 2.35. The second-order valence-electron chi connectivity index (χ2n) is 10.4. The Balaban J connectivity index is 1.45. The Morgan fingerprint density at radius 2 is 1.92 bits per heavy atom. The molecule has 2 fully saturated rings. The van der Waals surface area contributed by atoms with Crippen molar-refractivity contribution in [2.45, 2.75) is 50.6 Å². The number of nitrogens with two attached hydrogens (primary N) is 1. The number of carbonyl (C=O) groups excluding carboxylic acids is 1. The van der Waals surface area contributed by atoms with Crippen LogP contribution in [0.3, 0.4) is 0 Å². The van der Waals surface area contributed by atoms with Gasteiger partial charge < -0.3 is 25.2 Å². The molecule has 3 aromatic rings. The molecule has 2 atom stereocenters. The van der Waals surface area contributed by atoms with E-state index in [1.54, 1.807) is 18.2 Å². The van der Waals surface area contributed by atoms with Gasteiger partial charge in [-0.2, -0.15) is 9.61 Å². The standard InChI is InChI=1S/C27H34ClN7O2/c1-32-10-4-5-13-37-23-14-18(28)7-8-20(23)27(36)34-11-3-2-6-22(34)21-15-25-30-24(16-26(32)35(25)31-21)33-12-9-19(29)17-33/h7-8,14-16,19,22H,2-6,9-13,17,29H2,1H3/t19-,22?/m0/s1. The molecule has 0 spiro atoms. The Kier molecular flexibility index (Phi) is 6.58. The summed E-state index contributed by atoms with van der Waals surface area (Å²) in [7, 11) is 2.10. The number of halogens is 1. The van der Waals surface area contributed by atoms with E-state index in [1.165, 1.54) is 0 Å². The zero-order valence-corrected chi connectivity index (χ0v) is 22.0. The van der Waals surface area contributed by atoms with Crippen molar-refractivity contribution in [3.8, 4) is 5.75 Å². The first kappa shape index (κ1) is 24.3. The normalized spacial score (nSPS) is 23.0. The van der Waals surface area contributed by atoms with Gasteiger partial charge in [0.15, 0.2) is 5.65 Å². The van der Waals surface area contributed by atoms with E-state index in [0.29, 0.717) is 29.5 Å². The lowest BCUT2D eigenvalue weighted by Crippen LogP contribution is -2.39. The number of rotatable bonds is 1. The highest BCUT2D eigenvalue weighted by molar-refractivity contribution is 6.30. The van der Waals surface area contributed by atoms with Crippen molar-refractivity contribution in [3.05, 3.63) is 46.6 Å². The third-order valence-electron chi connectivity index (χ3n) is 7.78. The average molecular weight is 524 g/mol. The van der Waals surface area contributed by atoms with E-state index in [1.807, 2.05) is 9.42 Å². The number of hydrogen-bond acceptors (Lipinski definition) is 7. The number of amides is 1. The van der Waals surface area contributed by atoms with Crippen LogP contribution in [0.5, 0.6) is 5.75 Å². The van der Waals surface area contributed by atoms with Gasteiger partial charge in [0.25, 0.3) is 5.91 Å². The highest BCUT2D eigenvalue weighted by atomic mass is 35.5. The van der Waals surface area contributed by atoms with Gasteiger partial charge in [0.1, 0.15) is 17.4 Å². The number of aromatic nitrogens is 3. The maximum absolute atomic E-state index is 13.9. The number of anilines is 2.